The van der Waals surface area contributed by atoms with E-state index < -0.39 is 12.2 Å². The van der Waals surface area contributed by atoms with Crippen molar-refractivity contribution in [2.24, 2.45) is 0 Å². The van der Waals surface area contributed by atoms with Crippen molar-refractivity contribution in [2.75, 3.05) is 25.1 Å². The highest BCUT2D eigenvalue weighted by Gasteiger charge is 2.15. The molecule has 1 rings (SSSR count). The zero-order chi connectivity index (χ0) is 12.8. The highest BCUT2D eigenvalue weighted by Crippen LogP contribution is 2.27. The molecule has 0 amide bonds. The number of hydrogen-bond donors (Lipinski definition) is 2. The van der Waals surface area contributed by atoms with Gasteiger partial charge in [0.2, 0.25) is 0 Å². The van der Waals surface area contributed by atoms with E-state index >= 15 is 0 Å². The number of ether oxygens (including phenoxy) is 1. The second kappa shape index (κ2) is 6.47. The first-order valence-electron chi connectivity index (χ1n) is 5.78. The first-order valence-corrected chi connectivity index (χ1v) is 5.78. The molecule has 1 aromatic carbocycles. The smallest absolute Gasteiger partial charge is 0.142 e. The van der Waals surface area contributed by atoms with Gasteiger partial charge in [0.25, 0.3) is 0 Å². The van der Waals surface area contributed by atoms with Crippen molar-refractivity contribution in [3.8, 4) is 5.75 Å². The summed E-state index contributed by atoms with van der Waals surface area (Å²) < 4.78 is 5.28. The van der Waals surface area contributed by atoms with Gasteiger partial charge < -0.3 is 19.8 Å². The largest absolute Gasteiger partial charge is 0.495 e. The van der Waals surface area contributed by atoms with E-state index in [1.807, 2.05) is 29.2 Å². The fourth-order valence-electron chi connectivity index (χ4n) is 1.80. The maximum absolute atomic E-state index is 9.50. The van der Waals surface area contributed by atoms with Crippen molar-refractivity contribution in [1.29, 1.82) is 0 Å². The number of para-hydroxylation sites is 2. The van der Waals surface area contributed by atoms with E-state index in [2.05, 4.69) is 0 Å². The summed E-state index contributed by atoms with van der Waals surface area (Å²) in [5.74, 6) is 0.744. The Labute approximate surface area is 102 Å². The van der Waals surface area contributed by atoms with Crippen molar-refractivity contribution < 1.29 is 14.9 Å². The molecule has 96 valence electrons. The van der Waals surface area contributed by atoms with Crippen LogP contribution >= 0.6 is 0 Å². The molecule has 0 bridgehead atoms. The summed E-state index contributed by atoms with van der Waals surface area (Å²) in [4.78, 5) is 1.92. The Kier molecular flexibility index (Phi) is 5.25. The summed E-state index contributed by atoms with van der Waals surface area (Å²) in [6.07, 6.45) is -0.919. The van der Waals surface area contributed by atoms with Crippen molar-refractivity contribution in [2.45, 2.75) is 26.1 Å². The molecule has 2 N–H and O–H groups in total. The molecule has 0 spiro atoms. The molecule has 2 atom stereocenters. The lowest BCUT2D eigenvalue weighted by Gasteiger charge is -2.28. The van der Waals surface area contributed by atoms with Gasteiger partial charge in [-0.3, -0.25) is 0 Å². The summed E-state index contributed by atoms with van der Waals surface area (Å²) in [6, 6.07) is 7.59. The van der Waals surface area contributed by atoms with Gasteiger partial charge in [-0.15, -0.1) is 0 Å². The molecule has 4 nitrogen and oxygen atoms in total. The summed E-state index contributed by atoms with van der Waals surface area (Å²) in [6.45, 7) is 4.38. The Hall–Kier alpha value is -1.26. The fraction of sp³-hybridized carbons (Fsp3) is 0.538. The number of benzene rings is 1. The van der Waals surface area contributed by atoms with Crippen LogP contribution in [-0.4, -0.2) is 42.6 Å². The molecule has 0 aliphatic heterocycles. The molecule has 0 aliphatic carbocycles. The van der Waals surface area contributed by atoms with Gasteiger partial charge in [0.1, 0.15) is 5.75 Å². The molecule has 0 saturated heterocycles. The van der Waals surface area contributed by atoms with Crippen LogP contribution < -0.4 is 9.64 Å². The molecule has 4 heteroatoms. The number of nitrogens with zero attached hydrogens (tertiary/aromatic N) is 1. The van der Waals surface area contributed by atoms with Crippen LogP contribution in [0.25, 0.3) is 0 Å². The molecular weight excluding hydrogens is 218 g/mol. The Balaban J connectivity index is 2.94. The van der Waals surface area contributed by atoms with Gasteiger partial charge in [0, 0.05) is 13.1 Å². The fourth-order valence-corrected chi connectivity index (χ4v) is 1.80. The quantitative estimate of drug-likeness (QED) is 0.785. The van der Waals surface area contributed by atoms with E-state index in [0.29, 0.717) is 13.1 Å². The van der Waals surface area contributed by atoms with Crippen LogP contribution in [0.3, 0.4) is 0 Å². The number of aliphatic hydroxyl groups excluding tert-OH is 2. The minimum absolute atomic E-state index is 0.460. The molecule has 0 aromatic heterocycles. The zero-order valence-electron chi connectivity index (χ0n) is 10.6. The minimum atomic E-state index is -0.460. The predicted octanol–water partition coefficient (Wildman–Crippen LogP) is 1.26. The third-order valence-corrected chi connectivity index (χ3v) is 2.40. The third-order valence-electron chi connectivity index (χ3n) is 2.40. The summed E-state index contributed by atoms with van der Waals surface area (Å²) >= 11 is 0. The number of hydrogen-bond acceptors (Lipinski definition) is 4. The van der Waals surface area contributed by atoms with Crippen LogP contribution in [0, 0.1) is 0 Å². The van der Waals surface area contributed by atoms with E-state index in [1.165, 1.54) is 0 Å². The molecule has 1 aromatic rings. The average Bonchev–Trinajstić information content (AvgIpc) is 2.27. The molecule has 0 heterocycles. The molecule has 17 heavy (non-hydrogen) atoms. The number of anilines is 1. The molecule has 2 unspecified atom stereocenters. The zero-order valence-corrected chi connectivity index (χ0v) is 10.6. The number of methoxy groups -OCH3 is 1. The van der Waals surface area contributed by atoms with Crippen molar-refractivity contribution in [3.63, 3.8) is 0 Å². The first-order chi connectivity index (χ1) is 8.04. The van der Waals surface area contributed by atoms with Crippen molar-refractivity contribution >= 4 is 5.69 Å². The summed E-state index contributed by atoms with van der Waals surface area (Å²) in [5, 5.41) is 19.0. The Morgan fingerprint density at radius 2 is 1.65 bits per heavy atom. The number of aliphatic hydroxyl groups is 2. The van der Waals surface area contributed by atoms with Crippen molar-refractivity contribution in [3.05, 3.63) is 24.3 Å². The molecule has 0 radical (unpaired) electrons. The molecule has 0 aliphatic rings. The topological polar surface area (TPSA) is 52.9 Å². The van der Waals surface area contributed by atoms with Crippen molar-refractivity contribution in [1.82, 2.24) is 0 Å². The predicted molar refractivity (Wildman–Crippen MR) is 68.6 cm³/mol. The highest BCUT2D eigenvalue weighted by atomic mass is 16.5. The van der Waals surface area contributed by atoms with Gasteiger partial charge in [-0.05, 0) is 26.0 Å². The van der Waals surface area contributed by atoms with Gasteiger partial charge in [-0.2, -0.15) is 0 Å². The van der Waals surface area contributed by atoms with E-state index in [0.717, 1.165) is 11.4 Å². The van der Waals surface area contributed by atoms with Crippen LogP contribution in [0.4, 0.5) is 5.69 Å². The van der Waals surface area contributed by atoms with E-state index in [1.54, 1.807) is 21.0 Å². The maximum Gasteiger partial charge on any atom is 0.142 e. The van der Waals surface area contributed by atoms with E-state index in [-0.39, 0.29) is 0 Å². The lowest BCUT2D eigenvalue weighted by Crippen LogP contribution is -2.36. The van der Waals surface area contributed by atoms with E-state index in [9.17, 15) is 10.2 Å². The molecule has 0 fully saturated rings. The number of rotatable bonds is 6. The SMILES string of the molecule is COc1ccccc1N(CC(C)O)CC(C)O. The Bertz CT molecular complexity index is 329. The standard InChI is InChI=1S/C13H21NO3/c1-10(15)8-14(9-11(2)16)12-6-4-5-7-13(12)17-3/h4-7,10-11,15-16H,8-9H2,1-3H3. The molecule has 0 saturated carbocycles. The second-order valence-electron chi connectivity index (χ2n) is 4.27. The average molecular weight is 239 g/mol. The maximum atomic E-state index is 9.50. The molecular formula is C13H21NO3. The van der Waals surface area contributed by atoms with Gasteiger partial charge in [0.15, 0.2) is 0 Å². The summed E-state index contributed by atoms with van der Waals surface area (Å²) in [5.41, 5.74) is 0.886. The van der Waals surface area contributed by atoms with Crippen LogP contribution in [0.2, 0.25) is 0 Å². The van der Waals surface area contributed by atoms with Gasteiger partial charge in [-0.1, -0.05) is 12.1 Å². The van der Waals surface area contributed by atoms with E-state index in [4.69, 9.17) is 4.74 Å². The second-order valence-corrected chi connectivity index (χ2v) is 4.27. The van der Waals surface area contributed by atoms with Crippen LogP contribution in [0.5, 0.6) is 5.75 Å². The Morgan fingerprint density at radius 3 is 2.12 bits per heavy atom. The van der Waals surface area contributed by atoms with Gasteiger partial charge in [0.05, 0.1) is 25.0 Å². The monoisotopic (exact) mass is 239 g/mol. The Morgan fingerprint density at radius 1 is 1.12 bits per heavy atom. The summed E-state index contributed by atoms with van der Waals surface area (Å²) in [7, 11) is 1.61. The lowest BCUT2D eigenvalue weighted by atomic mass is 10.2. The highest BCUT2D eigenvalue weighted by molar-refractivity contribution is 5.58. The first kappa shape index (κ1) is 13.8. The van der Waals surface area contributed by atoms with Gasteiger partial charge in [-0.25, -0.2) is 0 Å². The normalized spacial score (nSPS) is 14.2. The van der Waals surface area contributed by atoms with Gasteiger partial charge >= 0.3 is 0 Å². The third kappa shape index (κ3) is 4.24. The lowest BCUT2D eigenvalue weighted by molar-refractivity contribution is 0.178. The van der Waals surface area contributed by atoms with Crippen LogP contribution in [-0.2, 0) is 0 Å². The van der Waals surface area contributed by atoms with Crippen LogP contribution in [0.15, 0.2) is 24.3 Å². The minimum Gasteiger partial charge on any atom is -0.495 e. The van der Waals surface area contributed by atoms with Crippen LogP contribution in [0.1, 0.15) is 13.8 Å².